The number of H-pyrrole nitrogens is 1. The van der Waals surface area contributed by atoms with E-state index in [1.54, 1.807) is 0 Å². The number of rotatable bonds is 6. The van der Waals surface area contributed by atoms with Crippen LogP contribution in [0.1, 0.15) is 17.0 Å². The average Bonchev–Trinajstić information content (AvgIpc) is 3.42. The van der Waals surface area contributed by atoms with Crippen LogP contribution in [0.25, 0.3) is 5.69 Å². The van der Waals surface area contributed by atoms with Crippen molar-refractivity contribution in [2.45, 2.75) is 17.9 Å². The van der Waals surface area contributed by atoms with Crippen molar-refractivity contribution in [2.24, 2.45) is 0 Å². The molecule has 0 aliphatic heterocycles. The molecule has 7 nitrogen and oxygen atoms in total. The number of benzene rings is 1. The molecule has 0 saturated carbocycles. The number of aromatic nitrogens is 6. The molecular formula is C19H14F4N6O. The van der Waals surface area contributed by atoms with Crippen molar-refractivity contribution < 1.29 is 22.7 Å². The summed E-state index contributed by atoms with van der Waals surface area (Å²) in [6.07, 6.45) is 4.53. The van der Waals surface area contributed by atoms with E-state index in [0.29, 0.717) is 11.8 Å². The number of nitrogens with zero attached hydrogens (tertiary/aromatic N) is 5. The van der Waals surface area contributed by atoms with Crippen molar-refractivity contribution >= 4 is 0 Å². The number of hydrogen-bond acceptors (Lipinski definition) is 5. The number of nitrogens with one attached hydrogen (secondary N) is 1. The van der Waals surface area contributed by atoms with Crippen molar-refractivity contribution in [1.82, 2.24) is 30.2 Å². The van der Waals surface area contributed by atoms with Crippen molar-refractivity contribution in [2.75, 3.05) is 0 Å². The van der Waals surface area contributed by atoms with Gasteiger partial charge in [0, 0.05) is 24.2 Å². The van der Waals surface area contributed by atoms with Crippen molar-refractivity contribution in [3.05, 3.63) is 89.8 Å². The molecule has 3 heterocycles. The largest absolute Gasteiger partial charge is 0.378 e. The molecule has 30 heavy (non-hydrogen) atoms. The highest BCUT2D eigenvalue weighted by atomic mass is 19.3. The van der Waals surface area contributed by atoms with Crippen LogP contribution >= 0.6 is 0 Å². The summed E-state index contributed by atoms with van der Waals surface area (Å²) in [6.45, 7) is 0. The minimum Gasteiger partial charge on any atom is -0.378 e. The van der Waals surface area contributed by atoms with Gasteiger partial charge in [0.25, 0.3) is 0 Å². The van der Waals surface area contributed by atoms with Crippen LogP contribution in [0, 0.1) is 11.6 Å². The first-order chi connectivity index (χ1) is 14.3. The molecule has 154 valence electrons. The topological polar surface area (TPSA) is 92.5 Å². The Balaban J connectivity index is 1.80. The molecule has 0 radical (unpaired) electrons. The monoisotopic (exact) mass is 418 g/mol. The van der Waals surface area contributed by atoms with Gasteiger partial charge < -0.3 is 5.11 Å². The first kappa shape index (κ1) is 19.7. The first-order valence-corrected chi connectivity index (χ1v) is 8.69. The summed E-state index contributed by atoms with van der Waals surface area (Å²) in [6, 6.07) is 5.64. The molecule has 0 amide bonds. The lowest BCUT2D eigenvalue weighted by Crippen LogP contribution is -2.46. The molecule has 0 saturated heterocycles. The lowest BCUT2D eigenvalue weighted by atomic mass is 9.81. The van der Waals surface area contributed by atoms with Gasteiger partial charge in [0.15, 0.2) is 5.60 Å². The Hall–Kier alpha value is -3.60. The van der Waals surface area contributed by atoms with Crippen LogP contribution in [0.5, 0.6) is 0 Å². The van der Waals surface area contributed by atoms with E-state index in [2.05, 4.69) is 25.4 Å². The predicted octanol–water partition coefficient (Wildman–Crippen LogP) is 2.89. The Morgan fingerprint density at radius 1 is 1.03 bits per heavy atom. The van der Waals surface area contributed by atoms with Gasteiger partial charge in [-0.25, -0.2) is 8.78 Å². The maximum atomic E-state index is 15.6. The SMILES string of the molecule is OC(Cc1cc[nH]n1)(c1ccc(F)cc1F)C(F)(F)c1ccc(-n2nccn2)cn1. The van der Waals surface area contributed by atoms with E-state index in [-0.39, 0.29) is 5.69 Å². The molecule has 1 unspecified atom stereocenters. The summed E-state index contributed by atoms with van der Waals surface area (Å²) < 4.78 is 59.0. The summed E-state index contributed by atoms with van der Waals surface area (Å²) in [5, 5.41) is 25.1. The van der Waals surface area contributed by atoms with Crippen LogP contribution < -0.4 is 0 Å². The minimum absolute atomic E-state index is 0.0539. The molecule has 0 aliphatic carbocycles. The molecule has 4 aromatic rings. The van der Waals surface area contributed by atoms with Crippen molar-refractivity contribution in [3.63, 3.8) is 0 Å². The highest BCUT2D eigenvalue weighted by Gasteiger charge is 2.57. The normalized spacial score (nSPS) is 13.9. The van der Waals surface area contributed by atoms with Gasteiger partial charge >= 0.3 is 5.92 Å². The summed E-state index contributed by atoms with van der Waals surface area (Å²) in [5.74, 6) is -6.35. The second-order valence-electron chi connectivity index (χ2n) is 6.52. The smallest absolute Gasteiger partial charge is 0.322 e. The lowest BCUT2D eigenvalue weighted by molar-refractivity contribution is -0.199. The van der Waals surface area contributed by atoms with Crippen LogP contribution in [-0.4, -0.2) is 35.3 Å². The molecule has 2 N–H and O–H groups in total. The summed E-state index contributed by atoms with van der Waals surface area (Å²) in [7, 11) is 0. The Morgan fingerprint density at radius 3 is 2.40 bits per heavy atom. The zero-order valence-electron chi connectivity index (χ0n) is 15.2. The fourth-order valence-corrected chi connectivity index (χ4v) is 3.10. The highest BCUT2D eigenvalue weighted by molar-refractivity contribution is 5.35. The number of hydrogen-bond donors (Lipinski definition) is 2. The van der Waals surface area contributed by atoms with Gasteiger partial charge in [-0.15, -0.1) is 0 Å². The fraction of sp³-hybridized carbons (Fsp3) is 0.158. The summed E-state index contributed by atoms with van der Waals surface area (Å²) in [5.41, 5.74) is -4.34. The molecule has 0 spiro atoms. The second kappa shape index (κ2) is 7.34. The fourth-order valence-electron chi connectivity index (χ4n) is 3.10. The second-order valence-corrected chi connectivity index (χ2v) is 6.52. The third-order valence-corrected chi connectivity index (χ3v) is 4.61. The number of aliphatic hydroxyl groups is 1. The molecule has 1 aromatic carbocycles. The van der Waals surface area contributed by atoms with E-state index < -0.39 is 40.8 Å². The number of halogens is 4. The molecule has 0 aliphatic rings. The zero-order valence-corrected chi connectivity index (χ0v) is 15.2. The van der Waals surface area contributed by atoms with Gasteiger partial charge in [0.05, 0.1) is 24.3 Å². The van der Waals surface area contributed by atoms with Gasteiger partial charge in [-0.2, -0.15) is 28.9 Å². The summed E-state index contributed by atoms with van der Waals surface area (Å²) >= 11 is 0. The average molecular weight is 418 g/mol. The van der Waals surface area contributed by atoms with Gasteiger partial charge in [-0.3, -0.25) is 10.1 Å². The van der Waals surface area contributed by atoms with Crippen LogP contribution in [0.2, 0.25) is 0 Å². The van der Waals surface area contributed by atoms with E-state index in [1.807, 2.05) is 0 Å². The van der Waals surface area contributed by atoms with Gasteiger partial charge in [0.1, 0.15) is 23.0 Å². The molecule has 0 fully saturated rings. The van der Waals surface area contributed by atoms with Gasteiger partial charge in [0.2, 0.25) is 0 Å². The number of alkyl halides is 2. The van der Waals surface area contributed by atoms with Crippen LogP contribution in [-0.2, 0) is 17.9 Å². The Bertz CT molecular complexity index is 1130. The zero-order chi connectivity index (χ0) is 21.4. The Kier molecular flexibility index (Phi) is 4.82. The van der Waals surface area contributed by atoms with Crippen molar-refractivity contribution in [1.29, 1.82) is 0 Å². The van der Waals surface area contributed by atoms with Gasteiger partial charge in [-0.1, -0.05) is 6.07 Å². The van der Waals surface area contributed by atoms with E-state index in [4.69, 9.17) is 0 Å². The maximum Gasteiger partial charge on any atom is 0.322 e. The quantitative estimate of drug-likeness (QED) is 0.470. The van der Waals surface area contributed by atoms with E-state index >= 15 is 8.78 Å². The van der Waals surface area contributed by atoms with Crippen molar-refractivity contribution in [3.8, 4) is 5.69 Å². The molecule has 4 rings (SSSR count). The molecule has 0 bridgehead atoms. The first-order valence-electron chi connectivity index (χ1n) is 8.69. The van der Waals surface area contributed by atoms with E-state index in [0.717, 1.165) is 24.4 Å². The molecule has 11 heteroatoms. The Morgan fingerprint density at radius 2 is 1.80 bits per heavy atom. The highest BCUT2D eigenvalue weighted by Crippen LogP contribution is 2.47. The third kappa shape index (κ3) is 3.32. The van der Waals surface area contributed by atoms with Gasteiger partial charge in [-0.05, 0) is 24.3 Å². The van der Waals surface area contributed by atoms with Crippen LogP contribution in [0.15, 0.2) is 61.2 Å². The molecular weight excluding hydrogens is 404 g/mol. The van der Waals surface area contributed by atoms with E-state index in [9.17, 15) is 13.9 Å². The van der Waals surface area contributed by atoms with E-state index in [1.165, 1.54) is 35.5 Å². The summed E-state index contributed by atoms with van der Waals surface area (Å²) in [4.78, 5) is 4.91. The number of pyridine rings is 1. The lowest BCUT2D eigenvalue weighted by Gasteiger charge is -2.35. The third-order valence-electron chi connectivity index (χ3n) is 4.61. The number of aromatic amines is 1. The Labute approximate surface area is 167 Å². The molecule has 3 aromatic heterocycles. The molecule has 1 atom stereocenters. The minimum atomic E-state index is -4.07. The maximum absolute atomic E-state index is 15.6. The van der Waals surface area contributed by atoms with Crippen LogP contribution in [0.4, 0.5) is 17.6 Å². The standard InChI is InChI=1S/C19H14F4N6O/c20-12-1-3-15(16(21)9-12)18(30,10-13-5-6-25-28-13)19(22,23)17-4-2-14(11-24-17)29-26-7-8-27-29/h1-9,11,30H,10H2,(H,25,28). The predicted molar refractivity (Wildman–Crippen MR) is 95.6 cm³/mol. The van der Waals surface area contributed by atoms with Crippen LogP contribution in [0.3, 0.4) is 0 Å².